The Morgan fingerprint density at radius 3 is 2.85 bits per heavy atom. The lowest BCUT2D eigenvalue weighted by Crippen LogP contribution is -1.75. The Hall–Kier alpha value is -0.410. The molecule has 0 radical (unpaired) electrons. The number of rotatable bonds is 3. The summed E-state index contributed by atoms with van der Waals surface area (Å²) in [5, 5.41) is 9.49. The van der Waals surface area contributed by atoms with Crippen molar-refractivity contribution in [2.75, 3.05) is 5.75 Å². The maximum Gasteiger partial charge on any atom is 0.123 e. The van der Waals surface area contributed by atoms with E-state index >= 15 is 0 Å². The van der Waals surface area contributed by atoms with Crippen LogP contribution in [0.25, 0.3) is 6.08 Å². The number of thiol groups is 1. The van der Waals surface area contributed by atoms with E-state index in [1.807, 2.05) is 24.3 Å². The van der Waals surface area contributed by atoms with Crippen LogP contribution in [0.5, 0.6) is 5.75 Å². The van der Waals surface area contributed by atoms with Crippen LogP contribution >= 0.6 is 28.6 Å². The van der Waals surface area contributed by atoms with Gasteiger partial charge in [-0.05, 0) is 24.3 Å². The number of halogens is 1. The molecule has 0 aliphatic rings. The van der Waals surface area contributed by atoms with Gasteiger partial charge in [-0.15, -0.1) is 0 Å². The van der Waals surface area contributed by atoms with Gasteiger partial charge in [0, 0.05) is 10.0 Å². The summed E-state index contributed by atoms with van der Waals surface area (Å²) in [6.45, 7) is 0. The normalized spacial score (nSPS) is 10.9. The molecular weight excluding hydrogens is 248 g/mol. The zero-order chi connectivity index (χ0) is 9.68. The molecule has 0 amide bonds. The van der Waals surface area contributed by atoms with E-state index in [4.69, 9.17) is 0 Å². The average molecular weight is 259 g/mol. The highest BCUT2D eigenvalue weighted by Crippen LogP contribution is 2.23. The predicted octanol–water partition coefficient (Wildman–Crippen LogP) is 3.49. The lowest BCUT2D eigenvalue weighted by atomic mass is 10.2. The standard InChI is InChI=1S/C10H11BrOS/c11-9-5-4-8(10(12)7-9)3-1-2-6-13/h1,3-5,7,12-13H,2,6H2. The van der Waals surface area contributed by atoms with Gasteiger partial charge in [0.15, 0.2) is 0 Å². The maximum absolute atomic E-state index is 9.49. The molecule has 0 unspecified atom stereocenters. The first-order valence-electron chi connectivity index (χ1n) is 4.00. The molecule has 0 saturated heterocycles. The third kappa shape index (κ3) is 3.44. The SMILES string of the molecule is Oc1cc(Br)ccc1C=CCCS. The Morgan fingerprint density at radius 2 is 2.23 bits per heavy atom. The van der Waals surface area contributed by atoms with Crippen LogP contribution in [0.15, 0.2) is 28.7 Å². The van der Waals surface area contributed by atoms with Crippen LogP contribution in [0.4, 0.5) is 0 Å². The number of phenolic OH excluding ortho intramolecular Hbond substituents is 1. The molecule has 1 rings (SSSR count). The van der Waals surface area contributed by atoms with Crippen LogP contribution in [0, 0.1) is 0 Å². The first-order chi connectivity index (χ1) is 6.24. The molecule has 70 valence electrons. The van der Waals surface area contributed by atoms with Crippen molar-refractivity contribution in [2.24, 2.45) is 0 Å². The first kappa shape index (κ1) is 10.7. The molecule has 1 aromatic carbocycles. The molecule has 0 fully saturated rings. The molecule has 0 aliphatic heterocycles. The predicted molar refractivity (Wildman–Crippen MR) is 63.3 cm³/mol. The highest BCUT2D eigenvalue weighted by molar-refractivity contribution is 9.10. The highest BCUT2D eigenvalue weighted by atomic mass is 79.9. The highest BCUT2D eigenvalue weighted by Gasteiger charge is 1.96. The summed E-state index contributed by atoms with van der Waals surface area (Å²) in [6.07, 6.45) is 4.81. The van der Waals surface area contributed by atoms with Gasteiger partial charge in [-0.2, -0.15) is 12.6 Å². The van der Waals surface area contributed by atoms with Gasteiger partial charge in [0.25, 0.3) is 0 Å². The van der Waals surface area contributed by atoms with Crippen molar-refractivity contribution in [2.45, 2.75) is 6.42 Å². The fraction of sp³-hybridized carbons (Fsp3) is 0.200. The molecule has 1 aromatic rings. The summed E-state index contributed by atoms with van der Waals surface area (Å²) in [6, 6.07) is 5.45. The fourth-order valence-corrected chi connectivity index (χ4v) is 1.44. The monoisotopic (exact) mass is 258 g/mol. The molecule has 1 nitrogen and oxygen atoms in total. The van der Waals surface area contributed by atoms with Crippen molar-refractivity contribution in [1.82, 2.24) is 0 Å². The van der Waals surface area contributed by atoms with Crippen LogP contribution in [0.1, 0.15) is 12.0 Å². The van der Waals surface area contributed by atoms with Crippen LogP contribution in [-0.2, 0) is 0 Å². The summed E-state index contributed by atoms with van der Waals surface area (Å²) in [7, 11) is 0. The van der Waals surface area contributed by atoms with E-state index in [2.05, 4.69) is 28.6 Å². The Morgan fingerprint density at radius 1 is 1.46 bits per heavy atom. The summed E-state index contributed by atoms with van der Waals surface area (Å²) >= 11 is 7.37. The second-order valence-electron chi connectivity index (χ2n) is 2.62. The lowest BCUT2D eigenvalue weighted by molar-refractivity contribution is 0.473. The van der Waals surface area contributed by atoms with Gasteiger partial charge in [-0.3, -0.25) is 0 Å². The van der Waals surface area contributed by atoms with E-state index in [-0.39, 0.29) is 0 Å². The molecule has 0 aliphatic carbocycles. The summed E-state index contributed by atoms with van der Waals surface area (Å²) in [5.74, 6) is 1.12. The van der Waals surface area contributed by atoms with Crippen LogP contribution in [-0.4, -0.2) is 10.9 Å². The summed E-state index contributed by atoms with van der Waals surface area (Å²) < 4.78 is 0.886. The Kier molecular flexibility index (Phi) is 4.39. The number of aromatic hydroxyl groups is 1. The minimum atomic E-state index is 0.296. The molecule has 0 spiro atoms. The molecule has 0 bridgehead atoms. The Labute approximate surface area is 92.0 Å². The minimum Gasteiger partial charge on any atom is -0.507 e. The van der Waals surface area contributed by atoms with E-state index in [0.717, 1.165) is 22.2 Å². The van der Waals surface area contributed by atoms with Gasteiger partial charge in [-0.25, -0.2) is 0 Å². The molecule has 0 heterocycles. The zero-order valence-electron chi connectivity index (χ0n) is 7.07. The summed E-state index contributed by atoms with van der Waals surface area (Å²) in [5.41, 5.74) is 0.838. The number of phenols is 1. The minimum absolute atomic E-state index is 0.296. The van der Waals surface area contributed by atoms with E-state index in [1.54, 1.807) is 6.07 Å². The van der Waals surface area contributed by atoms with Gasteiger partial charge in [0.2, 0.25) is 0 Å². The number of allylic oxidation sites excluding steroid dienone is 1. The van der Waals surface area contributed by atoms with E-state index in [0.29, 0.717) is 5.75 Å². The van der Waals surface area contributed by atoms with E-state index in [9.17, 15) is 5.11 Å². The third-order valence-electron chi connectivity index (χ3n) is 1.59. The Bertz CT molecular complexity index is 310. The van der Waals surface area contributed by atoms with Crippen molar-refractivity contribution >= 4 is 34.6 Å². The van der Waals surface area contributed by atoms with Crippen LogP contribution < -0.4 is 0 Å². The second kappa shape index (κ2) is 5.35. The van der Waals surface area contributed by atoms with Crippen LogP contribution in [0.2, 0.25) is 0 Å². The smallest absolute Gasteiger partial charge is 0.123 e. The van der Waals surface area contributed by atoms with E-state index in [1.165, 1.54) is 0 Å². The zero-order valence-corrected chi connectivity index (χ0v) is 9.55. The van der Waals surface area contributed by atoms with Gasteiger partial charge in [0.1, 0.15) is 5.75 Å². The van der Waals surface area contributed by atoms with Gasteiger partial charge in [0.05, 0.1) is 0 Å². The average Bonchev–Trinajstić information content (AvgIpc) is 2.09. The van der Waals surface area contributed by atoms with Gasteiger partial charge >= 0.3 is 0 Å². The quantitative estimate of drug-likeness (QED) is 0.796. The molecular formula is C10H11BrOS. The number of hydrogen-bond donors (Lipinski definition) is 2. The van der Waals surface area contributed by atoms with Crippen molar-refractivity contribution in [3.8, 4) is 5.75 Å². The van der Waals surface area contributed by atoms with Crippen molar-refractivity contribution in [3.05, 3.63) is 34.3 Å². The van der Waals surface area contributed by atoms with Crippen LogP contribution in [0.3, 0.4) is 0 Å². The first-order valence-corrected chi connectivity index (χ1v) is 5.42. The molecule has 3 heteroatoms. The largest absolute Gasteiger partial charge is 0.507 e. The van der Waals surface area contributed by atoms with Gasteiger partial charge < -0.3 is 5.11 Å². The second-order valence-corrected chi connectivity index (χ2v) is 3.98. The molecule has 13 heavy (non-hydrogen) atoms. The number of benzene rings is 1. The molecule has 0 saturated carbocycles. The topological polar surface area (TPSA) is 20.2 Å². The van der Waals surface area contributed by atoms with Crippen molar-refractivity contribution in [1.29, 1.82) is 0 Å². The molecule has 1 N–H and O–H groups in total. The Balaban J connectivity index is 2.77. The number of hydrogen-bond acceptors (Lipinski definition) is 2. The summed E-state index contributed by atoms with van der Waals surface area (Å²) in [4.78, 5) is 0. The fourth-order valence-electron chi connectivity index (χ4n) is 0.943. The van der Waals surface area contributed by atoms with Gasteiger partial charge in [-0.1, -0.05) is 34.1 Å². The van der Waals surface area contributed by atoms with E-state index < -0.39 is 0 Å². The molecule has 0 aromatic heterocycles. The maximum atomic E-state index is 9.49. The van der Waals surface area contributed by atoms with Crippen molar-refractivity contribution < 1.29 is 5.11 Å². The van der Waals surface area contributed by atoms with Crippen molar-refractivity contribution in [3.63, 3.8) is 0 Å². The molecule has 0 atom stereocenters. The third-order valence-corrected chi connectivity index (χ3v) is 2.34. The lowest BCUT2D eigenvalue weighted by Gasteiger charge is -1.98.